The van der Waals surface area contributed by atoms with Gasteiger partial charge in [-0.1, -0.05) is 24.2 Å². The second kappa shape index (κ2) is 6.15. The van der Waals surface area contributed by atoms with E-state index >= 15 is 0 Å². The van der Waals surface area contributed by atoms with E-state index < -0.39 is 0 Å². The van der Waals surface area contributed by atoms with Gasteiger partial charge in [0, 0.05) is 23.1 Å². The standard InChI is InChI=1S/C15H18FN3OS/c1-3-17-13-8-21-7-11(13)15-18-14(19-20-15)10-5-4-9(2)12(16)6-10/h4-6,11,13,17H,3,7-8H2,1-2H3. The number of benzene rings is 1. The first-order chi connectivity index (χ1) is 10.2. The van der Waals surface area contributed by atoms with Crippen molar-refractivity contribution >= 4 is 11.8 Å². The molecule has 1 fully saturated rings. The molecule has 0 amide bonds. The number of hydrogen-bond donors (Lipinski definition) is 1. The number of hydrogen-bond acceptors (Lipinski definition) is 5. The van der Waals surface area contributed by atoms with Gasteiger partial charge in [-0.2, -0.15) is 16.7 Å². The van der Waals surface area contributed by atoms with Crippen molar-refractivity contribution < 1.29 is 8.91 Å². The van der Waals surface area contributed by atoms with Crippen molar-refractivity contribution in [3.05, 3.63) is 35.5 Å². The van der Waals surface area contributed by atoms with Crippen molar-refractivity contribution in [2.24, 2.45) is 0 Å². The molecule has 0 radical (unpaired) electrons. The summed E-state index contributed by atoms with van der Waals surface area (Å²) in [5.41, 5.74) is 1.26. The van der Waals surface area contributed by atoms with Crippen LogP contribution in [0.1, 0.15) is 24.3 Å². The van der Waals surface area contributed by atoms with Crippen molar-refractivity contribution in [1.29, 1.82) is 0 Å². The number of halogens is 1. The fourth-order valence-corrected chi connectivity index (χ4v) is 3.87. The highest BCUT2D eigenvalue weighted by Crippen LogP contribution is 2.33. The lowest BCUT2D eigenvalue weighted by molar-refractivity contribution is 0.340. The largest absolute Gasteiger partial charge is 0.339 e. The Morgan fingerprint density at radius 1 is 1.43 bits per heavy atom. The van der Waals surface area contributed by atoms with Gasteiger partial charge in [0.05, 0.1) is 5.92 Å². The maximum atomic E-state index is 13.6. The van der Waals surface area contributed by atoms with Crippen LogP contribution in [0.2, 0.25) is 0 Å². The average Bonchev–Trinajstić information content (AvgIpc) is 3.10. The fraction of sp³-hybridized carbons (Fsp3) is 0.467. The lowest BCUT2D eigenvalue weighted by Crippen LogP contribution is -2.34. The van der Waals surface area contributed by atoms with Gasteiger partial charge in [0.1, 0.15) is 5.82 Å². The van der Waals surface area contributed by atoms with E-state index in [9.17, 15) is 4.39 Å². The van der Waals surface area contributed by atoms with Gasteiger partial charge in [-0.15, -0.1) is 0 Å². The molecule has 2 unspecified atom stereocenters. The Kier molecular flexibility index (Phi) is 4.26. The van der Waals surface area contributed by atoms with Gasteiger partial charge >= 0.3 is 0 Å². The van der Waals surface area contributed by atoms with Crippen LogP contribution in [0, 0.1) is 12.7 Å². The first-order valence-electron chi connectivity index (χ1n) is 7.10. The summed E-state index contributed by atoms with van der Waals surface area (Å²) in [7, 11) is 0. The van der Waals surface area contributed by atoms with Gasteiger partial charge in [0.25, 0.3) is 0 Å². The van der Waals surface area contributed by atoms with Crippen molar-refractivity contribution in [2.45, 2.75) is 25.8 Å². The fourth-order valence-electron chi connectivity index (χ4n) is 2.50. The van der Waals surface area contributed by atoms with Crippen LogP contribution in [0.15, 0.2) is 22.7 Å². The lowest BCUT2D eigenvalue weighted by atomic mass is 10.0. The molecule has 0 saturated carbocycles. The second-order valence-corrected chi connectivity index (χ2v) is 6.30. The highest BCUT2D eigenvalue weighted by molar-refractivity contribution is 7.99. The molecular formula is C15H18FN3OS. The zero-order valence-electron chi connectivity index (χ0n) is 12.1. The van der Waals surface area contributed by atoms with Crippen LogP contribution in [-0.2, 0) is 0 Å². The van der Waals surface area contributed by atoms with Crippen LogP contribution in [0.5, 0.6) is 0 Å². The number of nitrogens with one attached hydrogen (secondary N) is 1. The number of aromatic nitrogens is 2. The Morgan fingerprint density at radius 2 is 2.29 bits per heavy atom. The molecule has 3 rings (SSSR count). The molecule has 1 N–H and O–H groups in total. The van der Waals surface area contributed by atoms with Crippen LogP contribution in [0.25, 0.3) is 11.4 Å². The number of nitrogens with zero attached hydrogens (tertiary/aromatic N) is 2. The van der Waals surface area contributed by atoms with E-state index in [0.29, 0.717) is 28.9 Å². The molecule has 1 aliphatic heterocycles. The van der Waals surface area contributed by atoms with Gasteiger partial charge in [0.2, 0.25) is 11.7 Å². The average molecular weight is 307 g/mol. The monoisotopic (exact) mass is 307 g/mol. The predicted molar refractivity (Wildman–Crippen MR) is 82.0 cm³/mol. The summed E-state index contributed by atoms with van der Waals surface area (Å²) in [6, 6.07) is 5.36. The summed E-state index contributed by atoms with van der Waals surface area (Å²) >= 11 is 1.88. The Labute approximate surface area is 127 Å². The third kappa shape index (κ3) is 2.96. The summed E-state index contributed by atoms with van der Waals surface area (Å²) in [4.78, 5) is 4.47. The molecule has 0 bridgehead atoms. The molecule has 1 aromatic carbocycles. The molecule has 1 aromatic heterocycles. The third-order valence-corrected chi connectivity index (χ3v) is 4.93. The number of rotatable bonds is 4. The maximum Gasteiger partial charge on any atom is 0.232 e. The van der Waals surface area contributed by atoms with E-state index in [-0.39, 0.29) is 11.7 Å². The number of aryl methyl sites for hydroxylation is 1. The van der Waals surface area contributed by atoms with E-state index in [0.717, 1.165) is 18.1 Å². The molecule has 0 spiro atoms. The van der Waals surface area contributed by atoms with E-state index in [1.807, 2.05) is 17.8 Å². The lowest BCUT2D eigenvalue weighted by Gasteiger charge is -2.15. The molecule has 112 valence electrons. The minimum absolute atomic E-state index is 0.228. The number of likely N-dealkylation sites (N-methyl/N-ethyl adjacent to an activating group) is 1. The van der Waals surface area contributed by atoms with Gasteiger partial charge in [-0.3, -0.25) is 0 Å². The molecule has 2 atom stereocenters. The zero-order chi connectivity index (χ0) is 14.8. The summed E-state index contributed by atoms with van der Waals surface area (Å²) in [6.45, 7) is 4.75. The molecule has 21 heavy (non-hydrogen) atoms. The van der Waals surface area contributed by atoms with Gasteiger partial charge in [-0.05, 0) is 25.1 Å². The quantitative estimate of drug-likeness (QED) is 0.941. The summed E-state index contributed by atoms with van der Waals surface area (Å²) in [5.74, 6) is 3.10. The van der Waals surface area contributed by atoms with Crippen LogP contribution in [0.4, 0.5) is 4.39 Å². The zero-order valence-corrected chi connectivity index (χ0v) is 12.9. The minimum atomic E-state index is -0.249. The predicted octanol–water partition coefficient (Wildman–Crippen LogP) is 2.99. The normalized spacial score (nSPS) is 21.9. The molecule has 1 aliphatic rings. The molecule has 2 heterocycles. The third-order valence-electron chi connectivity index (χ3n) is 3.74. The summed E-state index contributed by atoms with van der Waals surface area (Å²) in [6.07, 6.45) is 0. The van der Waals surface area contributed by atoms with Crippen LogP contribution in [0.3, 0.4) is 0 Å². The first-order valence-corrected chi connectivity index (χ1v) is 8.25. The SMILES string of the molecule is CCNC1CSCC1c1nc(-c2ccc(C)c(F)c2)no1. The Morgan fingerprint density at radius 3 is 3.05 bits per heavy atom. The van der Waals surface area contributed by atoms with Gasteiger partial charge < -0.3 is 9.84 Å². The molecular weight excluding hydrogens is 289 g/mol. The minimum Gasteiger partial charge on any atom is -0.339 e. The van der Waals surface area contributed by atoms with Crippen molar-refractivity contribution in [2.75, 3.05) is 18.1 Å². The van der Waals surface area contributed by atoms with Crippen LogP contribution in [-0.4, -0.2) is 34.2 Å². The van der Waals surface area contributed by atoms with Gasteiger partial charge in [0.15, 0.2) is 0 Å². The molecule has 6 heteroatoms. The summed E-state index contributed by atoms with van der Waals surface area (Å²) in [5, 5.41) is 7.46. The Hall–Kier alpha value is -1.40. The highest BCUT2D eigenvalue weighted by atomic mass is 32.2. The molecule has 0 aliphatic carbocycles. The number of thioether (sulfide) groups is 1. The van der Waals surface area contributed by atoms with Crippen molar-refractivity contribution in [3.63, 3.8) is 0 Å². The van der Waals surface area contributed by atoms with E-state index in [1.54, 1.807) is 13.0 Å². The smallest absolute Gasteiger partial charge is 0.232 e. The van der Waals surface area contributed by atoms with E-state index in [4.69, 9.17) is 4.52 Å². The maximum absolute atomic E-state index is 13.6. The van der Waals surface area contributed by atoms with Crippen LogP contribution < -0.4 is 5.32 Å². The van der Waals surface area contributed by atoms with Crippen LogP contribution >= 0.6 is 11.8 Å². The Balaban J connectivity index is 1.84. The van der Waals surface area contributed by atoms with Gasteiger partial charge in [-0.25, -0.2) is 4.39 Å². The molecule has 4 nitrogen and oxygen atoms in total. The molecule has 1 saturated heterocycles. The summed E-state index contributed by atoms with van der Waals surface area (Å²) < 4.78 is 19.0. The first kappa shape index (κ1) is 14.5. The molecule has 2 aromatic rings. The second-order valence-electron chi connectivity index (χ2n) is 5.23. The highest BCUT2D eigenvalue weighted by Gasteiger charge is 2.33. The topological polar surface area (TPSA) is 51.0 Å². The van der Waals surface area contributed by atoms with Crippen molar-refractivity contribution in [3.8, 4) is 11.4 Å². The Bertz CT molecular complexity index is 631. The van der Waals surface area contributed by atoms with Crippen molar-refractivity contribution in [1.82, 2.24) is 15.5 Å². The van der Waals surface area contributed by atoms with E-state index in [1.165, 1.54) is 6.07 Å². The van der Waals surface area contributed by atoms with E-state index in [2.05, 4.69) is 22.4 Å².